The average molecular weight is 170 g/mol. The first-order valence-corrected chi connectivity index (χ1v) is 4.57. The van der Waals surface area contributed by atoms with Crippen molar-refractivity contribution in [1.82, 2.24) is 4.90 Å². The van der Waals surface area contributed by atoms with E-state index >= 15 is 0 Å². The monoisotopic (exact) mass is 170 g/mol. The highest BCUT2D eigenvalue weighted by atomic mass is 16.5. The van der Waals surface area contributed by atoms with Gasteiger partial charge in [-0.2, -0.15) is 0 Å². The fraction of sp³-hybridized carbons (Fsp3) is 0.889. The van der Waals surface area contributed by atoms with Gasteiger partial charge < -0.3 is 9.64 Å². The molecular weight excluding hydrogens is 152 g/mol. The summed E-state index contributed by atoms with van der Waals surface area (Å²) in [5, 5.41) is 0. The highest BCUT2D eigenvalue weighted by Gasteiger charge is 2.27. The van der Waals surface area contributed by atoms with E-state index in [0.717, 1.165) is 18.9 Å². The van der Waals surface area contributed by atoms with E-state index in [1.165, 1.54) is 0 Å². The van der Waals surface area contributed by atoms with E-state index in [1.807, 2.05) is 19.0 Å². The number of ether oxygens (including phenoxy) is 1. The van der Waals surface area contributed by atoms with Crippen LogP contribution in [-0.2, 0) is 4.74 Å². The van der Waals surface area contributed by atoms with E-state index in [2.05, 4.69) is 18.8 Å². The quantitative estimate of drug-likeness (QED) is 0.627. The van der Waals surface area contributed by atoms with Crippen molar-refractivity contribution in [3.8, 4) is 0 Å². The van der Waals surface area contributed by atoms with Crippen LogP contribution in [0.15, 0.2) is 4.99 Å². The van der Waals surface area contributed by atoms with Gasteiger partial charge in [0.25, 0.3) is 6.02 Å². The van der Waals surface area contributed by atoms with Crippen LogP contribution in [0.1, 0.15) is 26.7 Å². The molecule has 0 spiro atoms. The molecule has 1 aliphatic heterocycles. The topological polar surface area (TPSA) is 24.8 Å². The highest BCUT2D eigenvalue weighted by Crippen LogP contribution is 2.18. The van der Waals surface area contributed by atoms with Crippen molar-refractivity contribution < 1.29 is 4.74 Å². The zero-order valence-electron chi connectivity index (χ0n) is 8.37. The first kappa shape index (κ1) is 9.36. The summed E-state index contributed by atoms with van der Waals surface area (Å²) in [6, 6.07) is 1.10. The molecule has 0 fully saturated rings. The zero-order chi connectivity index (χ0) is 9.14. The van der Waals surface area contributed by atoms with Crippen LogP contribution in [0.3, 0.4) is 0 Å². The maximum Gasteiger partial charge on any atom is 0.287 e. The average Bonchev–Trinajstić information content (AvgIpc) is 2.34. The molecule has 0 aliphatic carbocycles. The van der Waals surface area contributed by atoms with Crippen LogP contribution in [0.25, 0.3) is 0 Å². The number of nitrogens with zero attached hydrogens (tertiary/aromatic N) is 2. The van der Waals surface area contributed by atoms with Crippen LogP contribution < -0.4 is 0 Å². The highest BCUT2D eigenvalue weighted by molar-refractivity contribution is 5.75. The summed E-state index contributed by atoms with van der Waals surface area (Å²) in [6.45, 7) is 4.28. The number of aliphatic imine (C=N–C) groups is 1. The van der Waals surface area contributed by atoms with E-state index < -0.39 is 0 Å². The summed E-state index contributed by atoms with van der Waals surface area (Å²) in [5.74, 6) is 0. The lowest BCUT2D eigenvalue weighted by atomic mass is 10.1. The normalized spacial score (nSPS) is 28.2. The van der Waals surface area contributed by atoms with Crippen molar-refractivity contribution in [2.45, 2.75) is 38.8 Å². The third-order valence-corrected chi connectivity index (χ3v) is 2.06. The first-order valence-electron chi connectivity index (χ1n) is 4.57. The molecule has 12 heavy (non-hydrogen) atoms. The Hall–Kier alpha value is -0.730. The number of hydrogen-bond donors (Lipinski definition) is 0. The Kier molecular flexibility index (Phi) is 2.95. The lowest BCUT2D eigenvalue weighted by Crippen LogP contribution is -2.25. The SMILES string of the molecule is CCCC1OC(N(C)C)=NC1C. The lowest BCUT2D eigenvalue weighted by molar-refractivity contribution is 0.165. The van der Waals surface area contributed by atoms with Gasteiger partial charge in [-0.1, -0.05) is 13.3 Å². The molecule has 0 aromatic rings. The molecule has 0 aromatic carbocycles. The van der Waals surface area contributed by atoms with Crippen LogP contribution in [0, 0.1) is 0 Å². The first-order chi connectivity index (χ1) is 5.65. The molecule has 0 bridgehead atoms. The standard InChI is InChI=1S/C9H18N2O/c1-5-6-8-7(2)10-9(12-8)11(3)4/h7-8H,5-6H2,1-4H3. The molecule has 2 atom stereocenters. The smallest absolute Gasteiger partial charge is 0.287 e. The Morgan fingerprint density at radius 1 is 1.50 bits per heavy atom. The van der Waals surface area contributed by atoms with Gasteiger partial charge in [0, 0.05) is 14.1 Å². The van der Waals surface area contributed by atoms with Crippen molar-refractivity contribution in [1.29, 1.82) is 0 Å². The second kappa shape index (κ2) is 3.78. The number of hydrogen-bond acceptors (Lipinski definition) is 3. The van der Waals surface area contributed by atoms with Crippen molar-refractivity contribution in [3.63, 3.8) is 0 Å². The Labute approximate surface area is 74.4 Å². The summed E-state index contributed by atoms with van der Waals surface area (Å²) >= 11 is 0. The molecule has 0 N–H and O–H groups in total. The van der Waals surface area contributed by atoms with Gasteiger partial charge >= 0.3 is 0 Å². The maximum atomic E-state index is 5.65. The summed E-state index contributed by atoms with van der Waals surface area (Å²) in [6.07, 6.45) is 2.56. The summed E-state index contributed by atoms with van der Waals surface area (Å²) in [5.41, 5.74) is 0. The summed E-state index contributed by atoms with van der Waals surface area (Å²) < 4.78 is 5.65. The van der Waals surface area contributed by atoms with Gasteiger partial charge in [0.05, 0.1) is 6.04 Å². The van der Waals surface area contributed by atoms with Crippen LogP contribution in [0.2, 0.25) is 0 Å². The maximum absolute atomic E-state index is 5.65. The van der Waals surface area contributed by atoms with Crippen molar-refractivity contribution >= 4 is 6.02 Å². The number of rotatable bonds is 2. The minimum absolute atomic E-state index is 0.299. The molecule has 3 nitrogen and oxygen atoms in total. The molecule has 0 saturated heterocycles. The molecule has 1 heterocycles. The van der Waals surface area contributed by atoms with Crippen LogP contribution in [0.5, 0.6) is 0 Å². The molecular formula is C9H18N2O. The Morgan fingerprint density at radius 2 is 2.17 bits per heavy atom. The molecule has 0 aromatic heterocycles. The van der Waals surface area contributed by atoms with Gasteiger partial charge in [0.15, 0.2) is 0 Å². The third-order valence-electron chi connectivity index (χ3n) is 2.06. The van der Waals surface area contributed by atoms with Crippen molar-refractivity contribution in [3.05, 3.63) is 0 Å². The van der Waals surface area contributed by atoms with Crippen LogP contribution >= 0.6 is 0 Å². The van der Waals surface area contributed by atoms with E-state index in [9.17, 15) is 0 Å². The predicted octanol–water partition coefficient (Wildman–Crippen LogP) is 1.49. The molecule has 0 saturated carbocycles. The van der Waals surface area contributed by atoms with E-state index in [0.29, 0.717) is 12.1 Å². The predicted molar refractivity (Wildman–Crippen MR) is 50.4 cm³/mol. The lowest BCUT2D eigenvalue weighted by Gasteiger charge is -2.15. The Balaban J connectivity index is 2.48. The third kappa shape index (κ3) is 1.90. The van der Waals surface area contributed by atoms with Crippen molar-refractivity contribution in [2.75, 3.05) is 14.1 Å². The molecule has 0 radical (unpaired) electrons. The molecule has 1 rings (SSSR count). The molecule has 3 heteroatoms. The zero-order valence-corrected chi connectivity index (χ0v) is 8.37. The second-order valence-corrected chi connectivity index (χ2v) is 3.49. The van der Waals surface area contributed by atoms with Gasteiger partial charge in [-0.25, -0.2) is 4.99 Å². The van der Waals surface area contributed by atoms with E-state index in [4.69, 9.17) is 4.74 Å². The van der Waals surface area contributed by atoms with Crippen LogP contribution in [0.4, 0.5) is 0 Å². The van der Waals surface area contributed by atoms with Crippen LogP contribution in [-0.4, -0.2) is 37.2 Å². The molecule has 0 amide bonds. The Bertz CT molecular complexity index is 177. The van der Waals surface area contributed by atoms with Gasteiger partial charge in [-0.3, -0.25) is 0 Å². The van der Waals surface area contributed by atoms with Gasteiger partial charge in [-0.05, 0) is 13.3 Å². The Morgan fingerprint density at radius 3 is 2.58 bits per heavy atom. The number of amidine groups is 1. The van der Waals surface area contributed by atoms with Gasteiger partial charge in [0.2, 0.25) is 0 Å². The minimum Gasteiger partial charge on any atom is -0.460 e. The summed E-state index contributed by atoms with van der Waals surface area (Å²) in [4.78, 5) is 6.33. The molecule has 1 aliphatic rings. The van der Waals surface area contributed by atoms with Crippen molar-refractivity contribution in [2.24, 2.45) is 4.99 Å². The fourth-order valence-electron chi connectivity index (χ4n) is 1.33. The fourth-order valence-corrected chi connectivity index (χ4v) is 1.33. The molecule has 2 unspecified atom stereocenters. The van der Waals surface area contributed by atoms with Gasteiger partial charge in [0.1, 0.15) is 6.10 Å². The second-order valence-electron chi connectivity index (χ2n) is 3.49. The summed E-state index contributed by atoms with van der Waals surface area (Å²) in [7, 11) is 3.92. The van der Waals surface area contributed by atoms with E-state index in [1.54, 1.807) is 0 Å². The van der Waals surface area contributed by atoms with E-state index in [-0.39, 0.29) is 0 Å². The minimum atomic E-state index is 0.299. The largest absolute Gasteiger partial charge is 0.460 e. The van der Waals surface area contributed by atoms with Gasteiger partial charge in [-0.15, -0.1) is 0 Å². The molecule has 70 valence electrons.